The highest BCUT2D eigenvalue weighted by molar-refractivity contribution is 14.1. The molecule has 1 aromatic carbocycles. The summed E-state index contributed by atoms with van der Waals surface area (Å²) in [6.07, 6.45) is 0. The van der Waals surface area contributed by atoms with E-state index < -0.39 is 0 Å². The molecule has 0 saturated carbocycles. The molecule has 1 aromatic rings. The molecule has 0 radical (unpaired) electrons. The maximum atomic E-state index is 5.69. The lowest BCUT2D eigenvalue weighted by atomic mass is 10.0. The minimum atomic E-state index is 0.220. The van der Waals surface area contributed by atoms with Crippen molar-refractivity contribution in [3.05, 3.63) is 29.8 Å². The Labute approximate surface area is 93.6 Å². The monoisotopic (exact) mass is 290 g/mol. The summed E-state index contributed by atoms with van der Waals surface area (Å²) >= 11 is 2.26. The van der Waals surface area contributed by atoms with Gasteiger partial charge in [0.05, 0.1) is 0 Å². The molecule has 1 unspecified atom stereocenters. The molecule has 0 aromatic heterocycles. The molecule has 0 heterocycles. The van der Waals surface area contributed by atoms with Crippen molar-refractivity contribution in [3.63, 3.8) is 0 Å². The minimum Gasteiger partial charge on any atom is -0.480 e. The Balaban J connectivity index is 2.91. The van der Waals surface area contributed by atoms with E-state index in [1.807, 2.05) is 19.1 Å². The molecule has 0 amide bonds. The average Bonchev–Trinajstić information content (AvgIpc) is 2.03. The van der Waals surface area contributed by atoms with Gasteiger partial charge in [-0.05, 0) is 47.1 Å². The number of rotatable bonds is 3. The molecular weight excluding hydrogens is 275 g/mol. The van der Waals surface area contributed by atoms with Crippen molar-refractivity contribution in [2.24, 2.45) is 0 Å². The van der Waals surface area contributed by atoms with Crippen molar-refractivity contribution in [1.82, 2.24) is 0 Å². The van der Waals surface area contributed by atoms with Crippen LogP contribution in [0.4, 0.5) is 0 Å². The van der Waals surface area contributed by atoms with Crippen molar-refractivity contribution in [3.8, 4) is 5.75 Å². The quantitative estimate of drug-likeness (QED) is 0.604. The largest absolute Gasteiger partial charge is 0.480 e. The van der Waals surface area contributed by atoms with Crippen LogP contribution in [-0.2, 0) is 0 Å². The van der Waals surface area contributed by atoms with E-state index in [-0.39, 0.29) is 4.11 Å². The molecule has 0 aliphatic heterocycles. The number of alkyl halides is 1. The topological polar surface area (TPSA) is 9.23 Å². The summed E-state index contributed by atoms with van der Waals surface area (Å²) in [7, 11) is 0. The number of benzene rings is 1. The third-order valence-corrected chi connectivity index (χ3v) is 2.08. The van der Waals surface area contributed by atoms with Crippen molar-refractivity contribution in [2.75, 3.05) is 0 Å². The van der Waals surface area contributed by atoms with E-state index in [2.05, 4.69) is 48.6 Å². The van der Waals surface area contributed by atoms with Crippen LogP contribution in [0.2, 0.25) is 0 Å². The first-order valence-corrected chi connectivity index (χ1v) is 5.75. The van der Waals surface area contributed by atoms with E-state index in [0.29, 0.717) is 5.92 Å². The van der Waals surface area contributed by atoms with Crippen LogP contribution >= 0.6 is 22.6 Å². The third-order valence-electron chi connectivity index (χ3n) is 1.83. The Morgan fingerprint density at radius 1 is 1.15 bits per heavy atom. The summed E-state index contributed by atoms with van der Waals surface area (Å²) in [5.41, 5.74) is 1.28. The van der Waals surface area contributed by atoms with E-state index in [1.165, 1.54) is 5.56 Å². The molecule has 13 heavy (non-hydrogen) atoms. The Morgan fingerprint density at radius 3 is 2.31 bits per heavy atom. The number of para-hydroxylation sites is 1. The SMILES string of the molecule is CC(I)Oc1ccccc1C(C)C. The molecule has 0 aliphatic rings. The molecule has 1 rings (SSSR count). The van der Waals surface area contributed by atoms with Crippen molar-refractivity contribution < 1.29 is 4.74 Å². The van der Waals surface area contributed by atoms with Crippen LogP contribution in [0.5, 0.6) is 5.75 Å². The van der Waals surface area contributed by atoms with Gasteiger partial charge in [0.25, 0.3) is 0 Å². The first kappa shape index (κ1) is 10.8. The smallest absolute Gasteiger partial charge is 0.146 e. The second-order valence-electron chi connectivity index (χ2n) is 3.35. The molecule has 0 spiro atoms. The van der Waals surface area contributed by atoms with Crippen LogP contribution in [-0.4, -0.2) is 4.11 Å². The zero-order chi connectivity index (χ0) is 9.84. The van der Waals surface area contributed by atoms with Gasteiger partial charge in [0.15, 0.2) is 0 Å². The maximum Gasteiger partial charge on any atom is 0.146 e. The van der Waals surface area contributed by atoms with Gasteiger partial charge in [-0.15, -0.1) is 0 Å². The lowest BCUT2D eigenvalue weighted by Gasteiger charge is -2.14. The number of halogens is 1. The lowest BCUT2D eigenvalue weighted by Crippen LogP contribution is -2.04. The first-order valence-electron chi connectivity index (χ1n) is 4.51. The molecule has 2 heteroatoms. The van der Waals surface area contributed by atoms with E-state index in [0.717, 1.165) is 5.75 Å². The van der Waals surface area contributed by atoms with E-state index >= 15 is 0 Å². The summed E-state index contributed by atoms with van der Waals surface area (Å²) in [5, 5.41) is 0. The van der Waals surface area contributed by atoms with Crippen LogP contribution in [0.1, 0.15) is 32.3 Å². The van der Waals surface area contributed by atoms with Gasteiger partial charge >= 0.3 is 0 Å². The fraction of sp³-hybridized carbons (Fsp3) is 0.455. The summed E-state index contributed by atoms with van der Waals surface area (Å²) in [6, 6.07) is 8.23. The summed E-state index contributed by atoms with van der Waals surface area (Å²) in [6.45, 7) is 6.40. The molecule has 72 valence electrons. The van der Waals surface area contributed by atoms with Crippen molar-refractivity contribution in [2.45, 2.75) is 30.8 Å². The van der Waals surface area contributed by atoms with Gasteiger partial charge in [0.2, 0.25) is 0 Å². The summed E-state index contributed by atoms with van der Waals surface area (Å²) in [5.74, 6) is 1.53. The summed E-state index contributed by atoms with van der Waals surface area (Å²) in [4.78, 5) is 0. The number of ether oxygens (including phenoxy) is 1. The lowest BCUT2D eigenvalue weighted by molar-refractivity contribution is 0.318. The van der Waals surface area contributed by atoms with Crippen LogP contribution in [0, 0.1) is 0 Å². The van der Waals surface area contributed by atoms with Gasteiger partial charge in [0, 0.05) is 0 Å². The predicted molar refractivity (Wildman–Crippen MR) is 64.6 cm³/mol. The van der Waals surface area contributed by atoms with Gasteiger partial charge in [-0.2, -0.15) is 0 Å². The zero-order valence-corrected chi connectivity index (χ0v) is 10.4. The van der Waals surface area contributed by atoms with Gasteiger partial charge in [-0.1, -0.05) is 32.0 Å². The second-order valence-corrected chi connectivity index (χ2v) is 5.11. The molecule has 0 saturated heterocycles. The third kappa shape index (κ3) is 3.18. The first-order chi connectivity index (χ1) is 6.11. The van der Waals surface area contributed by atoms with Crippen LogP contribution in [0.3, 0.4) is 0 Å². The number of hydrogen-bond donors (Lipinski definition) is 0. The van der Waals surface area contributed by atoms with Gasteiger partial charge in [0.1, 0.15) is 9.86 Å². The molecular formula is C11H15IO. The predicted octanol–water partition coefficient (Wildman–Crippen LogP) is 3.97. The minimum absolute atomic E-state index is 0.220. The van der Waals surface area contributed by atoms with Crippen molar-refractivity contribution >= 4 is 22.6 Å². The van der Waals surface area contributed by atoms with Gasteiger partial charge < -0.3 is 4.74 Å². The molecule has 0 fully saturated rings. The van der Waals surface area contributed by atoms with Crippen LogP contribution in [0.25, 0.3) is 0 Å². The Hall–Kier alpha value is -0.250. The fourth-order valence-electron chi connectivity index (χ4n) is 1.24. The molecule has 1 atom stereocenters. The Kier molecular flexibility index (Phi) is 4.03. The van der Waals surface area contributed by atoms with Crippen LogP contribution in [0.15, 0.2) is 24.3 Å². The normalized spacial score (nSPS) is 13.0. The van der Waals surface area contributed by atoms with E-state index in [9.17, 15) is 0 Å². The highest BCUT2D eigenvalue weighted by Gasteiger charge is 2.07. The standard InChI is InChI=1S/C11H15IO/c1-8(2)10-6-4-5-7-11(10)13-9(3)12/h4-9H,1-3H3. The molecule has 0 N–H and O–H groups in total. The highest BCUT2D eigenvalue weighted by Crippen LogP contribution is 2.27. The number of hydrogen-bond acceptors (Lipinski definition) is 1. The second kappa shape index (κ2) is 4.84. The van der Waals surface area contributed by atoms with E-state index in [1.54, 1.807) is 0 Å². The Morgan fingerprint density at radius 2 is 1.77 bits per heavy atom. The highest BCUT2D eigenvalue weighted by atomic mass is 127. The van der Waals surface area contributed by atoms with Crippen LogP contribution < -0.4 is 4.74 Å². The van der Waals surface area contributed by atoms with Gasteiger partial charge in [-0.3, -0.25) is 0 Å². The van der Waals surface area contributed by atoms with Crippen molar-refractivity contribution in [1.29, 1.82) is 0 Å². The van der Waals surface area contributed by atoms with Gasteiger partial charge in [-0.25, -0.2) is 0 Å². The molecule has 0 bridgehead atoms. The molecule has 0 aliphatic carbocycles. The zero-order valence-electron chi connectivity index (χ0n) is 8.25. The maximum absolute atomic E-state index is 5.69. The fourth-order valence-corrected chi connectivity index (χ4v) is 1.51. The summed E-state index contributed by atoms with van der Waals surface area (Å²) < 4.78 is 5.91. The molecule has 1 nitrogen and oxygen atoms in total. The Bertz CT molecular complexity index is 269. The van der Waals surface area contributed by atoms with E-state index in [4.69, 9.17) is 4.74 Å². The average molecular weight is 290 g/mol.